The van der Waals surface area contributed by atoms with Crippen molar-refractivity contribution in [1.29, 1.82) is 10.7 Å². The molecule has 164 valence electrons. The van der Waals surface area contributed by atoms with Crippen molar-refractivity contribution >= 4 is 35.3 Å². The minimum atomic E-state index is -0.736. The van der Waals surface area contributed by atoms with E-state index in [0.29, 0.717) is 22.5 Å². The zero-order chi connectivity index (χ0) is 23.3. The van der Waals surface area contributed by atoms with Gasteiger partial charge in [0.2, 0.25) is 11.8 Å². The summed E-state index contributed by atoms with van der Waals surface area (Å²) >= 11 is 0. The molecular weight excluding hydrogens is 408 g/mol. The molecule has 1 fully saturated rings. The first-order chi connectivity index (χ1) is 15.3. The molecule has 2 unspecified atom stereocenters. The second-order valence-electron chi connectivity index (χ2n) is 7.63. The summed E-state index contributed by atoms with van der Waals surface area (Å²) in [7, 11) is 1.48. The highest BCUT2D eigenvalue weighted by Crippen LogP contribution is 2.25. The SMILES string of the molecule is CN(CC(=O)N1CC(C(=O)Nc2ccccc2)CC1C#N)C(=O)c1ccc(C=N)c(N)c1. The molecule has 3 amide bonds. The number of hydrogen-bond acceptors (Lipinski definition) is 6. The maximum atomic E-state index is 12.8. The fourth-order valence-electron chi connectivity index (χ4n) is 3.61. The number of hydrogen-bond donors (Lipinski definition) is 3. The summed E-state index contributed by atoms with van der Waals surface area (Å²) in [6.45, 7) is -0.130. The molecule has 2 atom stereocenters. The number of amides is 3. The summed E-state index contributed by atoms with van der Waals surface area (Å²) in [4.78, 5) is 40.7. The molecule has 0 aromatic heterocycles. The van der Waals surface area contributed by atoms with Gasteiger partial charge in [-0.05, 0) is 30.7 Å². The molecule has 0 radical (unpaired) electrons. The number of nitrogens with two attached hydrogens (primary N) is 1. The normalized spacial score (nSPS) is 17.3. The zero-order valence-electron chi connectivity index (χ0n) is 17.6. The lowest BCUT2D eigenvalue weighted by Gasteiger charge is -2.24. The van der Waals surface area contributed by atoms with Crippen LogP contribution in [0.25, 0.3) is 0 Å². The molecule has 0 saturated carbocycles. The van der Waals surface area contributed by atoms with Gasteiger partial charge in [0.1, 0.15) is 6.04 Å². The molecule has 1 saturated heterocycles. The van der Waals surface area contributed by atoms with Gasteiger partial charge in [-0.15, -0.1) is 0 Å². The quantitative estimate of drug-likeness (QED) is 0.470. The van der Waals surface area contributed by atoms with Crippen molar-refractivity contribution in [2.45, 2.75) is 12.5 Å². The van der Waals surface area contributed by atoms with Crippen molar-refractivity contribution in [1.82, 2.24) is 9.80 Å². The smallest absolute Gasteiger partial charge is 0.254 e. The number of likely N-dealkylation sites (tertiary alicyclic amines) is 1. The molecule has 1 aliphatic heterocycles. The van der Waals surface area contributed by atoms with Gasteiger partial charge in [-0.2, -0.15) is 5.26 Å². The number of para-hydroxylation sites is 1. The largest absolute Gasteiger partial charge is 0.398 e. The first-order valence-corrected chi connectivity index (χ1v) is 10.0. The average molecular weight is 432 g/mol. The van der Waals surface area contributed by atoms with E-state index in [-0.39, 0.29) is 25.4 Å². The molecule has 2 aromatic carbocycles. The Labute approximate surface area is 185 Å². The minimum Gasteiger partial charge on any atom is -0.398 e. The van der Waals surface area contributed by atoms with Crippen LogP contribution in [0.2, 0.25) is 0 Å². The van der Waals surface area contributed by atoms with E-state index in [2.05, 4.69) is 11.4 Å². The second kappa shape index (κ2) is 9.75. The van der Waals surface area contributed by atoms with Crippen LogP contribution in [0.4, 0.5) is 11.4 Å². The van der Waals surface area contributed by atoms with Crippen molar-refractivity contribution in [3.05, 3.63) is 59.7 Å². The molecular formula is C23H24N6O3. The average Bonchev–Trinajstić information content (AvgIpc) is 3.24. The van der Waals surface area contributed by atoms with Gasteiger partial charge in [0.15, 0.2) is 0 Å². The van der Waals surface area contributed by atoms with Gasteiger partial charge in [0, 0.05) is 42.3 Å². The van der Waals surface area contributed by atoms with Gasteiger partial charge < -0.3 is 26.3 Å². The summed E-state index contributed by atoms with van der Waals surface area (Å²) in [6, 6.07) is 14.9. The van der Waals surface area contributed by atoms with Gasteiger partial charge in [0.05, 0.1) is 18.5 Å². The Morgan fingerprint density at radius 3 is 2.62 bits per heavy atom. The van der Waals surface area contributed by atoms with Crippen LogP contribution in [0.15, 0.2) is 48.5 Å². The van der Waals surface area contributed by atoms with Crippen LogP contribution >= 0.6 is 0 Å². The van der Waals surface area contributed by atoms with Crippen LogP contribution in [0.5, 0.6) is 0 Å². The van der Waals surface area contributed by atoms with Gasteiger partial charge >= 0.3 is 0 Å². The summed E-state index contributed by atoms with van der Waals surface area (Å²) in [6.07, 6.45) is 1.33. The van der Waals surface area contributed by atoms with Gasteiger partial charge in [-0.1, -0.05) is 24.3 Å². The van der Waals surface area contributed by atoms with E-state index in [4.69, 9.17) is 11.1 Å². The van der Waals surface area contributed by atoms with Crippen LogP contribution in [-0.4, -0.2) is 59.9 Å². The molecule has 0 bridgehead atoms. The van der Waals surface area contributed by atoms with Crippen molar-refractivity contribution in [3.63, 3.8) is 0 Å². The Morgan fingerprint density at radius 1 is 1.28 bits per heavy atom. The van der Waals surface area contributed by atoms with E-state index in [9.17, 15) is 19.6 Å². The molecule has 9 nitrogen and oxygen atoms in total. The maximum absolute atomic E-state index is 12.8. The lowest BCUT2D eigenvalue weighted by atomic mass is 10.1. The van der Waals surface area contributed by atoms with Gasteiger partial charge in [-0.3, -0.25) is 14.4 Å². The molecule has 0 aliphatic carbocycles. The molecule has 1 aliphatic rings. The number of nitrogens with zero attached hydrogens (tertiary/aromatic N) is 3. The Balaban J connectivity index is 1.63. The molecule has 9 heteroatoms. The van der Waals surface area contributed by atoms with Gasteiger partial charge in [0.25, 0.3) is 5.91 Å². The van der Waals surface area contributed by atoms with Crippen LogP contribution < -0.4 is 11.1 Å². The van der Waals surface area contributed by atoms with E-state index in [0.717, 1.165) is 6.21 Å². The number of rotatable bonds is 6. The van der Waals surface area contributed by atoms with E-state index in [1.807, 2.05) is 6.07 Å². The van der Waals surface area contributed by atoms with Crippen LogP contribution in [0.1, 0.15) is 22.3 Å². The lowest BCUT2D eigenvalue weighted by molar-refractivity contribution is -0.131. The zero-order valence-corrected chi connectivity index (χ0v) is 17.6. The third kappa shape index (κ3) is 4.92. The van der Waals surface area contributed by atoms with E-state index < -0.39 is 23.8 Å². The third-order valence-corrected chi connectivity index (χ3v) is 5.39. The number of carbonyl (C=O) groups is 3. The molecule has 1 heterocycles. The first-order valence-electron chi connectivity index (χ1n) is 10.0. The Kier molecular flexibility index (Phi) is 6.85. The molecule has 4 N–H and O–H groups in total. The Morgan fingerprint density at radius 2 is 2.00 bits per heavy atom. The molecule has 32 heavy (non-hydrogen) atoms. The highest BCUT2D eigenvalue weighted by atomic mass is 16.2. The second-order valence-corrected chi connectivity index (χ2v) is 7.63. The fraction of sp³-hybridized carbons (Fsp3) is 0.261. The number of carbonyl (C=O) groups excluding carboxylic acids is 3. The highest BCUT2D eigenvalue weighted by Gasteiger charge is 2.39. The fourth-order valence-corrected chi connectivity index (χ4v) is 3.61. The van der Waals surface area contributed by atoms with Crippen molar-refractivity contribution in [2.75, 3.05) is 31.2 Å². The summed E-state index contributed by atoms with van der Waals surface area (Å²) in [5.41, 5.74) is 7.56. The van der Waals surface area contributed by atoms with Crippen molar-refractivity contribution in [2.24, 2.45) is 5.92 Å². The number of nitrogens with one attached hydrogen (secondary N) is 2. The van der Waals surface area contributed by atoms with Crippen molar-refractivity contribution in [3.8, 4) is 6.07 Å². The monoisotopic (exact) mass is 432 g/mol. The third-order valence-electron chi connectivity index (χ3n) is 5.39. The van der Waals surface area contributed by atoms with E-state index in [1.54, 1.807) is 30.3 Å². The summed E-state index contributed by atoms with van der Waals surface area (Å²) < 4.78 is 0. The predicted molar refractivity (Wildman–Crippen MR) is 120 cm³/mol. The van der Waals surface area contributed by atoms with Crippen LogP contribution in [-0.2, 0) is 9.59 Å². The first kappa shape index (κ1) is 22.5. The maximum Gasteiger partial charge on any atom is 0.254 e. The van der Waals surface area contributed by atoms with E-state index in [1.165, 1.54) is 29.0 Å². The van der Waals surface area contributed by atoms with Crippen LogP contribution in [0.3, 0.4) is 0 Å². The van der Waals surface area contributed by atoms with Gasteiger partial charge in [-0.25, -0.2) is 0 Å². The molecule has 0 spiro atoms. The summed E-state index contributed by atoms with van der Waals surface area (Å²) in [5.74, 6) is -1.59. The highest BCUT2D eigenvalue weighted by molar-refractivity contribution is 5.99. The summed E-state index contributed by atoms with van der Waals surface area (Å²) in [5, 5.41) is 19.6. The molecule has 3 rings (SSSR count). The topological polar surface area (TPSA) is 143 Å². The lowest BCUT2D eigenvalue weighted by Crippen LogP contribution is -2.43. The predicted octanol–water partition coefficient (Wildman–Crippen LogP) is 1.72. The number of anilines is 2. The Hall–Kier alpha value is -4.19. The number of nitrogen functional groups attached to an aromatic ring is 1. The van der Waals surface area contributed by atoms with Crippen molar-refractivity contribution < 1.29 is 14.4 Å². The molecule has 2 aromatic rings. The van der Waals surface area contributed by atoms with Crippen LogP contribution in [0, 0.1) is 22.7 Å². The minimum absolute atomic E-state index is 0.110. The standard InChI is InChI=1S/C23H24N6O3/c1-28(23(32)15-7-8-16(11-24)20(26)10-15)14-21(30)29-13-17(9-19(29)12-25)22(31)27-18-5-3-2-4-6-18/h2-8,10-11,17,19,24H,9,13-14,26H2,1H3,(H,27,31). The number of benzene rings is 2. The van der Waals surface area contributed by atoms with E-state index >= 15 is 0 Å². The number of likely N-dealkylation sites (N-methyl/N-ethyl adjacent to an activating group) is 1. The number of nitriles is 1. The Bertz CT molecular complexity index is 1080.